The molecule has 4 rings (SSSR count). The van der Waals surface area contributed by atoms with Gasteiger partial charge in [-0.3, -0.25) is 24.1 Å². The second kappa shape index (κ2) is 7.81. The highest BCUT2D eigenvalue weighted by Gasteiger charge is 2.50. The van der Waals surface area contributed by atoms with E-state index in [0.29, 0.717) is 24.1 Å². The van der Waals surface area contributed by atoms with Crippen molar-refractivity contribution in [3.05, 3.63) is 42.0 Å². The Morgan fingerprint density at radius 1 is 0.966 bits per heavy atom. The number of amides is 4. The number of anilines is 1. The predicted octanol–water partition coefficient (Wildman–Crippen LogP) is 2.20. The number of fused-ring (bicyclic) bond motifs is 1. The van der Waals surface area contributed by atoms with Gasteiger partial charge in [0.25, 0.3) is 5.91 Å². The summed E-state index contributed by atoms with van der Waals surface area (Å²) in [5.41, 5.74) is 1.11. The topological polar surface area (TPSA) is 86.8 Å². The molecule has 29 heavy (non-hydrogen) atoms. The quantitative estimate of drug-likeness (QED) is 0.625. The molecule has 1 aliphatic carbocycles. The largest absolute Gasteiger partial charge is 0.339 e. The molecule has 4 amide bonds. The van der Waals surface area contributed by atoms with Gasteiger partial charge in [0.2, 0.25) is 17.7 Å². The number of nitrogens with one attached hydrogen (secondary N) is 1. The van der Waals surface area contributed by atoms with E-state index in [1.54, 1.807) is 31.2 Å². The first-order chi connectivity index (χ1) is 14.0. The molecule has 2 aliphatic heterocycles. The number of hydrogen-bond donors (Lipinski definition) is 1. The highest BCUT2D eigenvalue weighted by atomic mass is 16.2. The molecule has 0 saturated carbocycles. The number of rotatable bonds is 4. The summed E-state index contributed by atoms with van der Waals surface area (Å²) in [7, 11) is 0. The first kappa shape index (κ1) is 19.4. The van der Waals surface area contributed by atoms with Gasteiger partial charge in [-0.25, -0.2) is 0 Å². The van der Waals surface area contributed by atoms with E-state index in [1.807, 2.05) is 17.1 Å². The fourth-order valence-electron chi connectivity index (χ4n) is 4.37. The van der Waals surface area contributed by atoms with Crippen LogP contribution in [-0.4, -0.2) is 52.6 Å². The number of carbonyl (C=O) groups is 4. The van der Waals surface area contributed by atoms with Crippen LogP contribution >= 0.6 is 0 Å². The smallest absolute Gasteiger partial charge is 0.253 e. The molecular formula is C22H25N3O4. The molecule has 2 saturated heterocycles. The normalized spacial score (nSPS) is 24.6. The molecule has 0 bridgehead atoms. The first-order valence-electron chi connectivity index (χ1n) is 10.2. The van der Waals surface area contributed by atoms with Gasteiger partial charge < -0.3 is 10.2 Å². The molecule has 3 aliphatic rings. The van der Waals surface area contributed by atoms with Crippen molar-refractivity contribution in [2.24, 2.45) is 11.8 Å². The number of imide groups is 1. The van der Waals surface area contributed by atoms with E-state index >= 15 is 0 Å². The Morgan fingerprint density at radius 2 is 1.52 bits per heavy atom. The summed E-state index contributed by atoms with van der Waals surface area (Å²) in [6.45, 7) is 3.13. The number of likely N-dealkylation sites (tertiary alicyclic amines) is 2. The number of nitrogens with zero attached hydrogens (tertiary/aromatic N) is 2. The molecule has 1 N–H and O–H groups in total. The molecule has 1 aromatic rings. The average Bonchev–Trinajstić information content (AvgIpc) is 3.36. The number of hydrogen-bond acceptors (Lipinski definition) is 4. The highest BCUT2D eigenvalue weighted by Crippen LogP contribution is 2.36. The molecule has 7 nitrogen and oxygen atoms in total. The van der Waals surface area contributed by atoms with Crippen LogP contribution in [0.3, 0.4) is 0 Å². The van der Waals surface area contributed by atoms with Crippen LogP contribution in [0.25, 0.3) is 0 Å². The van der Waals surface area contributed by atoms with Crippen molar-refractivity contribution in [3.8, 4) is 0 Å². The Kier molecular flexibility index (Phi) is 5.22. The van der Waals surface area contributed by atoms with Gasteiger partial charge in [0.05, 0.1) is 11.8 Å². The van der Waals surface area contributed by atoms with Crippen LogP contribution in [-0.2, 0) is 14.4 Å². The van der Waals surface area contributed by atoms with Gasteiger partial charge in [0.15, 0.2) is 0 Å². The maximum Gasteiger partial charge on any atom is 0.253 e. The monoisotopic (exact) mass is 395 g/mol. The van der Waals surface area contributed by atoms with Gasteiger partial charge in [0.1, 0.15) is 6.04 Å². The van der Waals surface area contributed by atoms with Crippen molar-refractivity contribution in [2.75, 3.05) is 18.4 Å². The third-order valence-corrected chi connectivity index (χ3v) is 6.10. The summed E-state index contributed by atoms with van der Waals surface area (Å²) in [6, 6.07) is 5.84. The highest BCUT2D eigenvalue weighted by molar-refractivity contribution is 6.10. The molecule has 3 atom stereocenters. The lowest BCUT2D eigenvalue weighted by atomic mass is 9.85. The van der Waals surface area contributed by atoms with E-state index in [9.17, 15) is 19.2 Å². The van der Waals surface area contributed by atoms with Gasteiger partial charge in [0, 0.05) is 24.3 Å². The summed E-state index contributed by atoms with van der Waals surface area (Å²) < 4.78 is 0. The molecule has 0 aromatic heterocycles. The Morgan fingerprint density at radius 3 is 2.07 bits per heavy atom. The summed E-state index contributed by atoms with van der Waals surface area (Å²) in [6.07, 6.45) is 7.00. The minimum atomic E-state index is -0.883. The summed E-state index contributed by atoms with van der Waals surface area (Å²) >= 11 is 0. The van der Waals surface area contributed by atoms with Crippen LogP contribution in [0, 0.1) is 11.8 Å². The maximum absolute atomic E-state index is 12.7. The molecule has 2 fully saturated rings. The van der Waals surface area contributed by atoms with E-state index in [2.05, 4.69) is 5.32 Å². The molecule has 0 radical (unpaired) electrons. The van der Waals surface area contributed by atoms with Crippen LogP contribution < -0.4 is 5.32 Å². The number of allylic oxidation sites excluding steroid dienone is 2. The van der Waals surface area contributed by atoms with Crippen molar-refractivity contribution >= 4 is 29.3 Å². The van der Waals surface area contributed by atoms with Crippen molar-refractivity contribution < 1.29 is 19.2 Å². The summed E-state index contributed by atoms with van der Waals surface area (Å²) in [5, 5.41) is 2.75. The van der Waals surface area contributed by atoms with Gasteiger partial charge in [-0.05, 0) is 56.9 Å². The maximum atomic E-state index is 12.7. The third-order valence-electron chi connectivity index (χ3n) is 6.10. The van der Waals surface area contributed by atoms with Crippen LogP contribution in [0.1, 0.15) is 43.0 Å². The second-order valence-corrected chi connectivity index (χ2v) is 7.94. The Labute approximate surface area is 169 Å². The lowest BCUT2D eigenvalue weighted by Gasteiger charge is -2.22. The minimum absolute atomic E-state index is 0.00165. The Hall–Kier alpha value is -2.96. The minimum Gasteiger partial charge on any atom is -0.339 e. The molecular weight excluding hydrogens is 370 g/mol. The Bertz CT molecular complexity index is 845. The molecule has 1 aromatic carbocycles. The lowest BCUT2D eigenvalue weighted by Crippen LogP contribution is -2.46. The van der Waals surface area contributed by atoms with Gasteiger partial charge >= 0.3 is 0 Å². The van der Waals surface area contributed by atoms with Crippen LogP contribution in [0.5, 0.6) is 0 Å². The molecule has 0 spiro atoms. The zero-order chi connectivity index (χ0) is 20.5. The zero-order valence-corrected chi connectivity index (χ0v) is 16.5. The second-order valence-electron chi connectivity index (χ2n) is 7.94. The fourth-order valence-corrected chi connectivity index (χ4v) is 4.37. The molecule has 7 heteroatoms. The average molecular weight is 395 g/mol. The molecule has 152 valence electrons. The van der Waals surface area contributed by atoms with Crippen molar-refractivity contribution in [1.82, 2.24) is 9.80 Å². The summed E-state index contributed by atoms with van der Waals surface area (Å²) in [4.78, 5) is 53.3. The summed E-state index contributed by atoms with van der Waals surface area (Å²) in [5.74, 6) is -1.65. The first-order valence-corrected chi connectivity index (χ1v) is 10.2. The fraction of sp³-hybridized carbons (Fsp3) is 0.455. The van der Waals surface area contributed by atoms with Crippen molar-refractivity contribution in [2.45, 2.75) is 38.6 Å². The van der Waals surface area contributed by atoms with Gasteiger partial charge in [-0.15, -0.1) is 0 Å². The van der Waals surface area contributed by atoms with Crippen LogP contribution in [0.4, 0.5) is 5.69 Å². The SMILES string of the molecule is CC(C(=O)Nc1ccc(C(=O)N2CCCC2)cc1)N1C(=O)C2CC=CCC2C1=O. The van der Waals surface area contributed by atoms with Crippen molar-refractivity contribution in [1.29, 1.82) is 0 Å². The van der Waals surface area contributed by atoms with E-state index in [0.717, 1.165) is 30.8 Å². The molecule has 3 unspecified atom stereocenters. The standard InChI is InChI=1S/C22H25N3O4/c1-14(25-21(28)17-6-2-3-7-18(17)22(25)29)19(26)23-16-10-8-15(9-11-16)20(27)24-12-4-5-13-24/h2-3,8-11,14,17-18H,4-7,12-13H2,1H3,(H,23,26). The lowest BCUT2D eigenvalue weighted by molar-refractivity contribution is -0.146. The Balaban J connectivity index is 1.40. The van der Waals surface area contributed by atoms with E-state index in [1.165, 1.54) is 0 Å². The van der Waals surface area contributed by atoms with Gasteiger partial charge in [-0.2, -0.15) is 0 Å². The van der Waals surface area contributed by atoms with Crippen LogP contribution in [0.2, 0.25) is 0 Å². The van der Waals surface area contributed by atoms with E-state index in [4.69, 9.17) is 0 Å². The number of benzene rings is 1. The van der Waals surface area contributed by atoms with Crippen molar-refractivity contribution in [3.63, 3.8) is 0 Å². The molecule has 2 heterocycles. The van der Waals surface area contributed by atoms with Gasteiger partial charge in [-0.1, -0.05) is 12.2 Å². The number of carbonyl (C=O) groups excluding carboxylic acids is 4. The van der Waals surface area contributed by atoms with Crippen LogP contribution in [0.15, 0.2) is 36.4 Å². The van der Waals surface area contributed by atoms with E-state index in [-0.39, 0.29) is 29.6 Å². The zero-order valence-electron chi connectivity index (χ0n) is 16.5. The predicted molar refractivity (Wildman–Crippen MR) is 107 cm³/mol. The third kappa shape index (κ3) is 3.57. The van der Waals surface area contributed by atoms with E-state index < -0.39 is 11.9 Å².